The van der Waals surface area contributed by atoms with Gasteiger partial charge in [0, 0.05) is 5.56 Å². The molecule has 0 amide bonds. The van der Waals surface area contributed by atoms with Gasteiger partial charge in [0.25, 0.3) is 0 Å². The van der Waals surface area contributed by atoms with Crippen LogP contribution in [0.25, 0.3) is 0 Å². The van der Waals surface area contributed by atoms with Gasteiger partial charge in [0.05, 0.1) is 19.8 Å². The summed E-state index contributed by atoms with van der Waals surface area (Å²) in [7, 11) is 0. The summed E-state index contributed by atoms with van der Waals surface area (Å²) >= 11 is 0. The summed E-state index contributed by atoms with van der Waals surface area (Å²) < 4.78 is 30.6. The van der Waals surface area contributed by atoms with Crippen molar-refractivity contribution in [1.29, 1.82) is 0 Å². The predicted molar refractivity (Wildman–Crippen MR) is 121 cm³/mol. The zero-order valence-corrected chi connectivity index (χ0v) is 18.2. The number of fused-ring (bicyclic) bond motifs is 1. The van der Waals surface area contributed by atoms with Crippen LogP contribution in [0.1, 0.15) is 23.0 Å². The number of ether oxygens (including phenoxy) is 5. The second kappa shape index (κ2) is 10.6. The van der Waals surface area contributed by atoms with Crippen LogP contribution >= 0.6 is 0 Å². The van der Waals surface area contributed by atoms with Gasteiger partial charge in [-0.05, 0) is 11.1 Å². The van der Waals surface area contributed by atoms with Crippen LogP contribution in [-0.2, 0) is 36.9 Å². The minimum absolute atomic E-state index is 0.290. The van der Waals surface area contributed by atoms with E-state index in [1.54, 1.807) is 0 Å². The highest BCUT2D eigenvalue weighted by molar-refractivity contribution is 5.17. The molecule has 6 nitrogen and oxygen atoms in total. The van der Waals surface area contributed by atoms with Gasteiger partial charge in [0.1, 0.15) is 24.4 Å². The maximum atomic E-state index is 10.8. The largest absolute Gasteiger partial charge is 0.368 e. The van der Waals surface area contributed by atoms with Crippen LogP contribution in [0.15, 0.2) is 91.0 Å². The Morgan fingerprint density at radius 1 is 0.697 bits per heavy atom. The highest BCUT2D eigenvalue weighted by atomic mass is 16.7. The standard InChI is InChI=1S/C27H28O6/c28-26-25(30-17-20-12-6-2-7-13-20)24(29-16-19-10-4-1-5-11-19)23-22(32-26)18-31-27(33-23)21-14-8-3-9-15-21/h1-15,22-28H,16-18H2/t22-,23+,24-,25-,26?,27+/m0/s1. The molecule has 2 aliphatic heterocycles. The van der Waals surface area contributed by atoms with E-state index in [4.69, 9.17) is 23.7 Å². The Bertz CT molecular complexity index is 983. The molecular weight excluding hydrogens is 420 g/mol. The second-order valence-corrected chi connectivity index (χ2v) is 8.26. The van der Waals surface area contributed by atoms with Crippen LogP contribution in [0.5, 0.6) is 0 Å². The Labute approximate surface area is 193 Å². The van der Waals surface area contributed by atoms with Gasteiger partial charge in [-0.25, -0.2) is 0 Å². The molecule has 1 unspecified atom stereocenters. The lowest BCUT2D eigenvalue weighted by Crippen LogP contribution is -2.63. The fourth-order valence-corrected chi connectivity index (χ4v) is 4.24. The van der Waals surface area contributed by atoms with Gasteiger partial charge in [-0.3, -0.25) is 0 Å². The third kappa shape index (κ3) is 5.33. The molecule has 0 radical (unpaired) electrons. The maximum absolute atomic E-state index is 10.8. The molecule has 2 fully saturated rings. The van der Waals surface area contributed by atoms with Crippen LogP contribution in [0, 0.1) is 0 Å². The smallest absolute Gasteiger partial charge is 0.184 e. The monoisotopic (exact) mass is 448 g/mol. The molecule has 33 heavy (non-hydrogen) atoms. The molecule has 0 aliphatic carbocycles. The van der Waals surface area contributed by atoms with Crippen molar-refractivity contribution in [2.24, 2.45) is 0 Å². The molecule has 0 aromatic heterocycles. The van der Waals surface area contributed by atoms with E-state index < -0.39 is 37.0 Å². The first-order valence-electron chi connectivity index (χ1n) is 11.2. The molecule has 3 aromatic carbocycles. The van der Waals surface area contributed by atoms with Crippen molar-refractivity contribution in [3.8, 4) is 0 Å². The van der Waals surface area contributed by atoms with Crippen molar-refractivity contribution in [3.05, 3.63) is 108 Å². The summed E-state index contributed by atoms with van der Waals surface area (Å²) in [5.41, 5.74) is 2.96. The van der Waals surface area contributed by atoms with Crippen molar-refractivity contribution < 1.29 is 28.8 Å². The minimum Gasteiger partial charge on any atom is -0.368 e. The van der Waals surface area contributed by atoms with Crippen molar-refractivity contribution in [2.75, 3.05) is 6.61 Å². The van der Waals surface area contributed by atoms with Gasteiger partial charge in [-0.1, -0.05) is 91.0 Å². The fourth-order valence-electron chi connectivity index (χ4n) is 4.24. The van der Waals surface area contributed by atoms with Crippen molar-refractivity contribution in [2.45, 2.75) is 50.2 Å². The third-order valence-electron chi connectivity index (χ3n) is 5.94. The molecule has 5 rings (SSSR count). The van der Waals surface area contributed by atoms with E-state index in [0.717, 1.165) is 16.7 Å². The molecule has 0 saturated carbocycles. The van der Waals surface area contributed by atoms with Gasteiger partial charge in [0.15, 0.2) is 12.6 Å². The van der Waals surface area contributed by atoms with Gasteiger partial charge in [0.2, 0.25) is 0 Å². The molecule has 3 aromatic rings. The maximum Gasteiger partial charge on any atom is 0.184 e. The Balaban J connectivity index is 1.36. The lowest BCUT2D eigenvalue weighted by molar-refractivity contribution is -0.366. The first kappa shape index (κ1) is 22.2. The summed E-state index contributed by atoms with van der Waals surface area (Å²) in [6.07, 6.45) is -3.88. The zero-order chi connectivity index (χ0) is 22.5. The molecule has 2 heterocycles. The fraction of sp³-hybridized carbons (Fsp3) is 0.333. The summed E-state index contributed by atoms with van der Waals surface area (Å²) in [6, 6.07) is 29.5. The summed E-state index contributed by atoms with van der Waals surface area (Å²) in [6.45, 7) is 0.984. The van der Waals surface area contributed by atoms with Crippen LogP contribution in [0.2, 0.25) is 0 Å². The van der Waals surface area contributed by atoms with Crippen LogP contribution < -0.4 is 0 Å². The number of hydrogen-bond donors (Lipinski definition) is 1. The summed E-state index contributed by atoms with van der Waals surface area (Å²) in [5, 5.41) is 10.8. The van der Waals surface area contributed by atoms with E-state index in [2.05, 4.69) is 0 Å². The minimum atomic E-state index is -1.16. The Kier molecular flexibility index (Phi) is 7.12. The van der Waals surface area contributed by atoms with Crippen LogP contribution in [0.3, 0.4) is 0 Å². The van der Waals surface area contributed by atoms with E-state index in [9.17, 15) is 5.11 Å². The first-order chi connectivity index (χ1) is 16.3. The van der Waals surface area contributed by atoms with Crippen molar-refractivity contribution in [1.82, 2.24) is 0 Å². The summed E-state index contributed by atoms with van der Waals surface area (Å²) in [4.78, 5) is 0. The first-order valence-corrected chi connectivity index (χ1v) is 11.2. The van der Waals surface area contributed by atoms with E-state index in [0.29, 0.717) is 13.2 Å². The van der Waals surface area contributed by atoms with Crippen LogP contribution in [-0.4, -0.2) is 42.4 Å². The van der Waals surface area contributed by atoms with Crippen molar-refractivity contribution in [3.63, 3.8) is 0 Å². The van der Waals surface area contributed by atoms with Gasteiger partial charge in [-0.2, -0.15) is 0 Å². The number of rotatable bonds is 7. The van der Waals surface area contributed by atoms with Gasteiger partial charge in [-0.15, -0.1) is 0 Å². The van der Waals surface area contributed by atoms with E-state index in [-0.39, 0.29) is 6.61 Å². The topological polar surface area (TPSA) is 66.4 Å². The predicted octanol–water partition coefficient (Wildman–Crippen LogP) is 3.99. The van der Waals surface area contributed by atoms with E-state index >= 15 is 0 Å². The number of aliphatic hydroxyl groups excluding tert-OH is 1. The summed E-state index contributed by atoms with van der Waals surface area (Å²) in [5.74, 6) is 0. The normalized spacial score (nSPS) is 29.4. The quantitative estimate of drug-likeness (QED) is 0.590. The van der Waals surface area contributed by atoms with Gasteiger partial charge < -0.3 is 28.8 Å². The molecule has 0 bridgehead atoms. The second-order valence-electron chi connectivity index (χ2n) is 8.26. The Morgan fingerprint density at radius 3 is 1.85 bits per heavy atom. The lowest BCUT2D eigenvalue weighted by Gasteiger charge is -2.47. The molecule has 172 valence electrons. The third-order valence-corrected chi connectivity index (χ3v) is 5.94. The highest BCUT2D eigenvalue weighted by Gasteiger charge is 2.51. The van der Waals surface area contributed by atoms with E-state index in [1.807, 2.05) is 91.0 Å². The molecule has 1 N–H and O–H groups in total. The number of aliphatic hydroxyl groups is 1. The molecule has 6 atom stereocenters. The Hall–Kier alpha value is -2.58. The van der Waals surface area contributed by atoms with Gasteiger partial charge >= 0.3 is 0 Å². The molecule has 2 saturated heterocycles. The number of hydrogen-bond acceptors (Lipinski definition) is 6. The number of benzene rings is 3. The Morgan fingerprint density at radius 2 is 1.24 bits per heavy atom. The van der Waals surface area contributed by atoms with Crippen LogP contribution in [0.4, 0.5) is 0 Å². The SMILES string of the molecule is OC1O[C@H]2CO[C@@H](c3ccccc3)O[C@H]2[C@H](OCc2ccccc2)[C@@H]1OCc1ccccc1. The molecular formula is C27H28O6. The average Bonchev–Trinajstić information content (AvgIpc) is 2.88. The molecule has 6 heteroatoms. The van der Waals surface area contributed by atoms with E-state index in [1.165, 1.54) is 0 Å². The lowest BCUT2D eigenvalue weighted by atomic mass is 9.97. The highest BCUT2D eigenvalue weighted by Crippen LogP contribution is 2.36. The van der Waals surface area contributed by atoms with Crippen molar-refractivity contribution >= 4 is 0 Å². The zero-order valence-electron chi connectivity index (χ0n) is 18.2. The molecule has 0 spiro atoms. The average molecular weight is 449 g/mol. The molecule has 2 aliphatic rings.